The van der Waals surface area contributed by atoms with Crippen molar-refractivity contribution in [2.75, 3.05) is 41.3 Å². The lowest BCUT2D eigenvalue weighted by Gasteiger charge is -2.35. The van der Waals surface area contributed by atoms with Crippen LogP contribution >= 0.6 is 0 Å². The number of piperazine rings is 1. The summed E-state index contributed by atoms with van der Waals surface area (Å²) < 4.78 is 2.08. The molecule has 1 amide bonds. The van der Waals surface area contributed by atoms with E-state index in [-0.39, 0.29) is 5.91 Å². The molecule has 4 aromatic rings. The van der Waals surface area contributed by atoms with Gasteiger partial charge in [-0.1, -0.05) is 0 Å². The quantitative estimate of drug-likeness (QED) is 0.554. The molecule has 0 radical (unpaired) electrons. The highest BCUT2D eigenvalue weighted by atomic mass is 16.1. The van der Waals surface area contributed by atoms with Gasteiger partial charge < -0.3 is 19.5 Å². The molecule has 1 aliphatic rings. The molecule has 8 heteroatoms. The van der Waals surface area contributed by atoms with Crippen molar-refractivity contribution in [1.82, 2.24) is 19.4 Å². The Labute approximate surface area is 180 Å². The van der Waals surface area contributed by atoms with Crippen LogP contribution in [0.5, 0.6) is 0 Å². The molecule has 1 aliphatic heterocycles. The van der Waals surface area contributed by atoms with E-state index in [4.69, 9.17) is 0 Å². The summed E-state index contributed by atoms with van der Waals surface area (Å²) in [4.78, 5) is 30.2. The topological polar surface area (TPSA) is 78.7 Å². The number of rotatable bonds is 4. The average molecular weight is 413 g/mol. The number of hydrogen-bond donors (Lipinski definition) is 1. The van der Waals surface area contributed by atoms with Crippen LogP contribution in [0.3, 0.4) is 0 Å². The maximum Gasteiger partial charge on any atom is 0.257 e. The number of hydrogen-bond acceptors (Lipinski definition) is 6. The molecule has 1 saturated heterocycles. The lowest BCUT2D eigenvalue weighted by atomic mass is 10.2. The second-order valence-electron chi connectivity index (χ2n) is 7.57. The third kappa shape index (κ3) is 3.92. The van der Waals surface area contributed by atoms with Crippen molar-refractivity contribution in [3.05, 3.63) is 78.5 Å². The fourth-order valence-corrected chi connectivity index (χ4v) is 3.81. The highest BCUT2D eigenvalue weighted by Crippen LogP contribution is 2.23. The van der Waals surface area contributed by atoms with Crippen LogP contribution in [0, 0.1) is 6.92 Å². The number of anilines is 3. The summed E-state index contributed by atoms with van der Waals surface area (Å²) in [6, 6.07) is 13.6. The van der Waals surface area contributed by atoms with Gasteiger partial charge in [0.15, 0.2) is 0 Å². The molecule has 1 fully saturated rings. The molecule has 8 nitrogen and oxygen atoms in total. The summed E-state index contributed by atoms with van der Waals surface area (Å²) in [6.45, 7) is 5.32. The Hall–Kier alpha value is -3.94. The van der Waals surface area contributed by atoms with Gasteiger partial charge in [-0.05, 0) is 49.4 Å². The minimum atomic E-state index is -0.154. The van der Waals surface area contributed by atoms with Gasteiger partial charge in [0, 0.05) is 56.0 Å². The molecule has 0 unspecified atom stereocenters. The molecule has 0 saturated carbocycles. The van der Waals surface area contributed by atoms with Crippen LogP contribution in [-0.2, 0) is 0 Å². The number of carbonyl (C=O) groups is 1. The molecule has 1 N–H and O–H groups in total. The highest BCUT2D eigenvalue weighted by molar-refractivity contribution is 6.04. The smallest absolute Gasteiger partial charge is 0.257 e. The summed E-state index contributed by atoms with van der Waals surface area (Å²) in [5.74, 6) is 1.69. The zero-order valence-corrected chi connectivity index (χ0v) is 17.3. The SMILES string of the molecule is Cc1ccc(NC(=O)c2ccc3ccc(N4CCN(c5ncccn5)CC4)n3c2)cn1. The molecular weight excluding hydrogens is 390 g/mol. The van der Waals surface area contributed by atoms with E-state index in [1.807, 2.05) is 43.5 Å². The van der Waals surface area contributed by atoms with Gasteiger partial charge in [0.05, 0.1) is 17.4 Å². The average Bonchev–Trinajstić information content (AvgIpc) is 3.24. The maximum absolute atomic E-state index is 12.8. The van der Waals surface area contributed by atoms with Crippen LogP contribution in [0.25, 0.3) is 5.52 Å². The Kier molecular flexibility index (Phi) is 4.95. The number of pyridine rings is 2. The van der Waals surface area contributed by atoms with Gasteiger partial charge in [0.1, 0.15) is 5.82 Å². The van der Waals surface area contributed by atoms with Gasteiger partial charge in [-0.2, -0.15) is 0 Å². The molecular formula is C23H23N7O. The highest BCUT2D eigenvalue weighted by Gasteiger charge is 2.21. The van der Waals surface area contributed by atoms with Crippen molar-refractivity contribution in [1.29, 1.82) is 0 Å². The second-order valence-corrected chi connectivity index (χ2v) is 7.57. The maximum atomic E-state index is 12.8. The first-order chi connectivity index (χ1) is 15.2. The number of nitrogens with zero attached hydrogens (tertiary/aromatic N) is 6. The van der Waals surface area contributed by atoms with Gasteiger partial charge in [-0.15, -0.1) is 0 Å². The lowest BCUT2D eigenvalue weighted by molar-refractivity contribution is 0.102. The molecule has 5 heterocycles. The van der Waals surface area contributed by atoms with Gasteiger partial charge in [0.2, 0.25) is 5.95 Å². The number of aromatic nitrogens is 4. The molecule has 0 bridgehead atoms. The van der Waals surface area contributed by atoms with Crippen LogP contribution < -0.4 is 15.1 Å². The van der Waals surface area contributed by atoms with Crippen LogP contribution in [0.2, 0.25) is 0 Å². The Morgan fingerprint density at radius 1 is 0.903 bits per heavy atom. The van der Waals surface area contributed by atoms with Gasteiger partial charge in [0.25, 0.3) is 5.91 Å². The van der Waals surface area contributed by atoms with Crippen molar-refractivity contribution in [2.24, 2.45) is 0 Å². The second kappa shape index (κ2) is 8.06. The van der Waals surface area contributed by atoms with E-state index < -0.39 is 0 Å². The Morgan fingerprint density at radius 2 is 1.65 bits per heavy atom. The van der Waals surface area contributed by atoms with Crippen molar-refractivity contribution in [2.45, 2.75) is 6.92 Å². The standard InChI is InChI=1S/C23H23N7O/c1-17-3-5-19(15-26-17)27-22(31)18-4-6-20-7-8-21(30(20)16-18)28-11-13-29(14-12-28)23-24-9-2-10-25-23/h2-10,15-16H,11-14H2,1H3,(H,27,31). The summed E-state index contributed by atoms with van der Waals surface area (Å²) in [5.41, 5.74) is 3.25. The molecule has 5 rings (SSSR count). The van der Waals surface area contributed by atoms with Crippen molar-refractivity contribution in [3.8, 4) is 0 Å². The fourth-order valence-electron chi connectivity index (χ4n) is 3.81. The first-order valence-corrected chi connectivity index (χ1v) is 10.3. The van der Waals surface area contributed by atoms with E-state index in [2.05, 4.69) is 46.6 Å². The number of fused-ring (bicyclic) bond motifs is 1. The molecule has 156 valence electrons. The predicted molar refractivity (Wildman–Crippen MR) is 121 cm³/mol. The number of carbonyl (C=O) groups excluding carboxylic acids is 1. The van der Waals surface area contributed by atoms with E-state index in [9.17, 15) is 4.79 Å². The van der Waals surface area contributed by atoms with E-state index in [1.165, 1.54) is 0 Å². The molecule has 0 aromatic carbocycles. The third-order valence-electron chi connectivity index (χ3n) is 5.50. The first-order valence-electron chi connectivity index (χ1n) is 10.3. The van der Waals surface area contributed by atoms with Crippen LogP contribution in [0.1, 0.15) is 16.1 Å². The lowest BCUT2D eigenvalue weighted by Crippen LogP contribution is -2.47. The molecule has 0 atom stereocenters. The Morgan fingerprint density at radius 3 is 2.39 bits per heavy atom. The number of amides is 1. The number of nitrogens with one attached hydrogen (secondary N) is 1. The largest absolute Gasteiger partial charge is 0.354 e. The minimum absolute atomic E-state index is 0.154. The van der Waals surface area contributed by atoms with Crippen molar-refractivity contribution >= 4 is 28.9 Å². The molecule has 0 spiro atoms. The summed E-state index contributed by atoms with van der Waals surface area (Å²) in [7, 11) is 0. The van der Waals surface area contributed by atoms with Crippen molar-refractivity contribution in [3.63, 3.8) is 0 Å². The first kappa shape index (κ1) is 19.0. The zero-order chi connectivity index (χ0) is 21.2. The normalized spacial score (nSPS) is 14.1. The van der Waals surface area contributed by atoms with Gasteiger partial charge in [-0.3, -0.25) is 9.78 Å². The van der Waals surface area contributed by atoms with E-state index in [0.717, 1.165) is 49.2 Å². The summed E-state index contributed by atoms with van der Waals surface area (Å²) >= 11 is 0. The van der Waals surface area contributed by atoms with Crippen LogP contribution in [0.4, 0.5) is 17.5 Å². The van der Waals surface area contributed by atoms with E-state index >= 15 is 0 Å². The molecule has 31 heavy (non-hydrogen) atoms. The monoisotopic (exact) mass is 413 g/mol. The molecule has 4 aromatic heterocycles. The van der Waals surface area contributed by atoms with Gasteiger partial charge in [-0.25, -0.2) is 9.97 Å². The summed E-state index contributed by atoms with van der Waals surface area (Å²) in [6.07, 6.45) is 7.11. The summed E-state index contributed by atoms with van der Waals surface area (Å²) in [5, 5.41) is 2.92. The number of aryl methyl sites for hydroxylation is 1. The van der Waals surface area contributed by atoms with Crippen molar-refractivity contribution < 1.29 is 4.79 Å². The fraction of sp³-hybridized carbons (Fsp3) is 0.217. The predicted octanol–water partition coefficient (Wildman–Crippen LogP) is 3.01. The van der Waals surface area contributed by atoms with Crippen LogP contribution in [-0.4, -0.2) is 51.4 Å². The van der Waals surface area contributed by atoms with Crippen LogP contribution in [0.15, 0.2) is 67.3 Å². The third-order valence-corrected chi connectivity index (χ3v) is 5.50. The van der Waals surface area contributed by atoms with E-state index in [1.54, 1.807) is 18.6 Å². The van der Waals surface area contributed by atoms with Gasteiger partial charge >= 0.3 is 0 Å². The Bertz CT molecular complexity index is 1200. The van der Waals surface area contributed by atoms with E-state index in [0.29, 0.717) is 11.3 Å². The Balaban J connectivity index is 1.33. The molecule has 0 aliphatic carbocycles. The zero-order valence-electron chi connectivity index (χ0n) is 17.3. The minimum Gasteiger partial charge on any atom is -0.354 e.